The van der Waals surface area contributed by atoms with Crippen LogP contribution in [-0.2, 0) is 4.79 Å². The smallest absolute Gasteiger partial charge is 0.258 e. The molecule has 26 heavy (non-hydrogen) atoms. The highest BCUT2D eigenvalue weighted by Gasteiger charge is 2.15. The Kier molecular flexibility index (Phi) is 7.14. The first-order valence-corrected chi connectivity index (χ1v) is 8.39. The van der Waals surface area contributed by atoms with E-state index >= 15 is 0 Å². The number of rotatable bonds is 9. The van der Waals surface area contributed by atoms with E-state index in [9.17, 15) is 4.79 Å². The number of amides is 1. The Morgan fingerprint density at radius 3 is 2.35 bits per heavy atom. The van der Waals surface area contributed by atoms with E-state index in [-0.39, 0.29) is 18.6 Å². The van der Waals surface area contributed by atoms with Gasteiger partial charge in [-0.05, 0) is 36.2 Å². The van der Waals surface area contributed by atoms with Crippen LogP contribution in [0.1, 0.15) is 24.9 Å². The zero-order chi connectivity index (χ0) is 18.9. The average Bonchev–Trinajstić information content (AvgIpc) is 2.70. The van der Waals surface area contributed by atoms with Crippen LogP contribution >= 0.6 is 0 Å². The zero-order valence-electron chi connectivity index (χ0n) is 15.6. The number of methoxy groups -OCH3 is 3. The van der Waals surface area contributed by atoms with Crippen molar-refractivity contribution in [3.8, 4) is 23.0 Å². The summed E-state index contributed by atoms with van der Waals surface area (Å²) in [6.07, 6.45) is 0.736. The molecule has 0 aliphatic heterocycles. The second-order valence-electron chi connectivity index (χ2n) is 5.61. The van der Waals surface area contributed by atoms with Gasteiger partial charge in [0.2, 0.25) is 0 Å². The SMILES string of the molecule is CCC(NC(=O)COc1cccc(OC)c1)c1ccc(OC)c(OC)c1. The van der Waals surface area contributed by atoms with Crippen molar-refractivity contribution in [3.05, 3.63) is 48.0 Å². The second-order valence-corrected chi connectivity index (χ2v) is 5.61. The summed E-state index contributed by atoms with van der Waals surface area (Å²) in [5.74, 6) is 2.34. The van der Waals surface area contributed by atoms with E-state index in [1.54, 1.807) is 33.5 Å². The van der Waals surface area contributed by atoms with Gasteiger partial charge >= 0.3 is 0 Å². The number of carbonyl (C=O) groups excluding carboxylic acids is 1. The summed E-state index contributed by atoms with van der Waals surface area (Å²) in [6.45, 7) is 1.93. The molecule has 6 heteroatoms. The molecule has 0 aromatic heterocycles. The molecule has 1 atom stereocenters. The van der Waals surface area contributed by atoms with Gasteiger partial charge in [0.25, 0.3) is 5.91 Å². The molecule has 0 fully saturated rings. The fraction of sp³-hybridized carbons (Fsp3) is 0.350. The van der Waals surface area contributed by atoms with Gasteiger partial charge in [0.05, 0.1) is 27.4 Å². The van der Waals surface area contributed by atoms with E-state index in [1.165, 1.54) is 0 Å². The van der Waals surface area contributed by atoms with Crippen molar-refractivity contribution in [3.63, 3.8) is 0 Å². The summed E-state index contributed by atoms with van der Waals surface area (Å²) in [6, 6.07) is 12.6. The maximum Gasteiger partial charge on any atom is 0.258 e. The maximum atomic E-state index is 12.3. The lowest BCUT2D eigenvalue weighted by Gasteiger charge is -2.19. The van der Waals surface area contributed by atoms with E-state index in [2.05, 4.69) is 5.32 Å². The lowest BCUT2D eigenvalue weighted by Crippen LogP contribution is -2.32. The molecule has 2 aromatic carbocycles. The summed E-state index contributed by atoms with van der Waals surface area (Å²) in [7, 11) is 4.76. The van der Waals surface area contributed by atoms with Crippen LogP contribution in [0.5, 0.6) is 23.0 Å². The monoisotopic (exact) mass is 359 g/mol. The van der Waals surface area contributed by atoms with E-state index in [0.717, 1.165) is 12.0 Å². The highest BCUT2D eigenvalue weighted by molar-refractivity contribution is 5.78. The molecule has 0 aliphatic carbocycles. The van der Waals surface area contributed by atoms with Crippen LogP contribution < -0.4 is 24.3 Å². The number of nitrogens with one attached hydrogen (secondary N) is 1. The third kappa shape index (κ3) is 5.05. The fourth-order valence-electron chi connectivity index (χ4n) is 2.57. The third-order valence-electron chi connectivity index (χ3n) is 3.96. The van der Waals surface area contributed by atoms with Crippen molar-refractivity contribution in [1.82, 2.24) is 5.32 Å². The molecule has 0 saturated carbocycles. The van der Waals surface area contributed by atoms with Gasteiger partial charge < -0.3 is 24.3 Å². The topological polar surface area (TPSA) is 66.0 Å². The van der Waals surface area contributed by atoms with Crippen molar-refractivity contribution >= 4 is 5.91 Å². The minimum atomic E-state index is -0.200. The summed E-state index contributed by atoms with van der Waals surface area (Å²) in [4.78, 5) is 12.3. The summed E-state index contributed by atoms with van der Waals surface area (Å²) in [5, 5.41) is 2.98. The van der Waals surface area contributed by atoms with Crippen LogP contribution in [0, 0.1) is 0 Å². The largest absolute Gasteiger partial charge is 0.497 e. The Bertz CT molecular complexity index is 732. The van der Waals surface area contributed by atoms with Crippen LogP contribution in [0.2, 0.25) is 0 Å². The van der Waals surface area contributed by atoms with Crippen molar-refractivity contribution < 1.29 is 23.7 Å². The van der Waals surface area contributed by atoms with Gasteiger partial charge in [0, 0.05) is 6.07 Å². The molecule has 140 valence electrons. The minimum Gasteiger partial charge on any atom is -0.497 e. The molecular weight excluding hydrogens is 334 g/mol. The normalized spacial score (nSPS) is 11.4. The molecule has 0 spiro atoms. The molecule has 0 bridgehead atoms. The first-order valence-electron chi connectivity index (χ1n) is 8.39. The molecule has 0 radical (unpaired) electrons. The predicted molar refractivity (Wildman–Crippen MR) is 99.2 cm³/mol. The quantitative estimate of drug-likeness (QED) is 0.744. The molecule has 0 aliphatic rings. The Hall–Kier alpha value is -2.89. The van der Waals surface area contributed by atoms with E-state index < -0.39 is 0 Å². The van der Waals surface area contributed by atoms with E-state index in [0.29, 0.717) is 23.0 Å². The highest BCUT2D eigenvalue weighted by Crippen LogP contribution is 2.30. The highest BCUT2D eigenvalue weighted by atomic mass is 16.5. The molecule has 1 amide bonds. The molecule has 6 nitrogen and oxygen atoms in total. The summed E-state index contributed by atoms with van der Waals surface area (Å²) < 4.78 is 21.3. The minimum absolute atomic E-state index is 0.0725. The van der Waals surface area contributed by atoms with Gasteiger partial charge in [-0.15, -0.1) is 0 Å². The van der Waals surface area contributed by atoms with Gasteiger partial charge in [-0.1, -0.05) is 19.1 Å². The third-order valence-corrected chi connectivity index (χ3v) is 3.96. The van der Waals surface area contributed by atoms with E-state index in [1.807, 2.05) is 37.3 Å². The molecule has 1 N–H and O–H groups in total. The standard InChI is InChI=1S/C20H25NO5/c1-5-17(14-9-10-18(24-3)19(11-14)25-4)21-20(22)13-26-16-8-6-7-15(12-16)23-2/h6-12,17H,5,13H2,1-4H3,(H,21,22). The average molecular weight is 359 g/mol. The van der Waals surface area contributed by atoms with Gasteiger partial charge in [-0.25, -0.2) is 0 Å². The van der Waals surface area contributed by atoms with Crippen LogP contribution in [0.4, 0.5) is 0 Å². The van der Waals surface area contributed by atoms with Gasteiger partial charge in [0.1, 0.15) is 11.5 Å². The number of ether oxygens (including phenoxy) is 4. The van der Waals surface area contributed by atoms with Crippen LogP contribution in [0.15, 0.2) is 42.5 Å². The molecule has 0 saturated heterocycles. The molecule has 2 aromatic rings. The van der Waals surface area contributed by atoms with Gasteiger partial charge in [-0.3, -0.25) is 4.79 Å². The molecule has 0 heterocycles. The van der Waals surface area contributed by atoms with Crippen molar-refractivity contribution in [2.24, 2.45) is 0 Å². The Balaban J connectivity index is 1.99. The first kappa shape index (κ1) is 19.4. The fourth-order valence-corrected chi connectivity index (χ4v) is 2.57. The second kappa shape index (κ2) is 9.56. The molecular formula is C20H25NO5. The number of benzene rings is 2. The van der Waals surface area contributed by atoms with E-state index in [4.69, 9.17) is 18.9 Å². The zero-order valence-corrected chi connectivity index (χ0v) is 15.6. The number of carbonyl (C=O) groups is 1. The summed E-state index contributed by atoms with van der Waals surface area (Å²) in [5.41, 5.74) is 0.944. The lowest BCUT2D eigenvalue weighted by atomic mass is 10.0. The Morgan fingerprint density at radius 2 is 1.69 bits per heavy atom. The maximum absolute atomic E-state index is 12.3. The molecule has 2 rings (SSSR count). The molecule has 1 unspecified atom stereocenters. The number of hydrogen-bond acceptors (Lipinski definition) is 5. The van der Waals surface area contributed by atoms with Crippen LogP contribution in [0.25, 0.3) is 0 Å². The van der Waals surface area contributed by atoms with Crippen LogP contribution in [0.3, 0.4) is 0 Å². The summed E-state index contributed by atoms with van der Waals surface area (Å²) >= 11 is 0. The Labute approximate surface area is 154 Å². The van der Waals surface area contributed by atoms with Crippen LogP contribution in [-0.4, -0.2) is 33.8 Å². The van der Waals surface area contributed by atoms with Crippen molar-refractivity contribution in [2.75, 3.05) is 27.9 Å². The number of hydrogen-bond donors (Lipinski definition) is 1. The van der Waals surface area contributed by atoms with Crippen molar-refractivity contribution in [1.29, 1.82) is 0 Å². The lowest BCUT2D eigenvalue weighted by molar-refractivity contribution is -0.123. The predicted octanol–water partition coefficient (Wildman–Crippen LogP) is 3.36. The van der Waals surface area contributed by atoms with Gasteiger partial charge in [-0.2, -0.15) is 0 Å². The van der Waals surface area contributed by atoms with Crippen molar-refractivity contribution in [2.45, 2.75) is 19.4 Å². The Morgan fingerprint density at radius 1 is 0.962 bits per heavy atom. The first-order chi connectivity index (χ1) is 12.6. The van der Waals surface area contributed by atoms with Gasteiger partial charge in [0.15, 0.2) is 18.1 Å².